The molecule has 0 atom stereocenters. The molecule has 1 amide bonds. The lowest BCUT2D eigenvalue weighted by Crippen LogP contribution is -2.18. The molecule has 5 heteroatoms. The van der Waals surface area contributed by atoms with E-state index in [1.54, 1.807) is 12.1 Å². The van der Waals surface area contributed by atoms with Gasteiger partial charge in [0.25, 0.3) is 5.91 Å². The third-order valence-corrected chi connectivity index (χ3v) is 3.36. The maximum absolute atomic E-state index is 13.3. The molecule has 0 fully saturated rings. The zero-order valence-electron chi connectivity index (χ0n) is 11.5. The highest BCUT2D eigenvalue weighted by atomic mass is 32.1. The SMILES string of the molecule is CCc1ccccc1C(=O)Nc1ccc(F)cc1C(N)=S. The fourth-order valence-electron chi connectivity index (χ4n) is 2.07. The van der Waals surface area contributed by atoms with Crippen molar-refractivity contribution in [2.75, 3.05) is 5.32 Å². The Morgan fingerprint density at radius 3 is 2.62 bits per heavy atom. The summed E-state index contributed by atoms with van der Waals surface area (Å²) < 4.78 is 13.3. The Morgan fingerprint density at radius 2 is 1.95 bits per heavy atom. The summed E-state index contributed by atoms with van der Waals surface area (Å²) in [6.45, 7) is 1.98. The second-order valence-corrected chi connectivity index (χ2v) is 4.96. The van der Waals surface area contributed by atoms with Crippen molar-refractivity contribution in [1.29, 1.82) is 0 Å². The number of rotatable bonds is 4. The summed E-state index contributed by atoms with van der Waals surface area (Å²) in [6.07, 6.45) is 0.745. The van der Waals surface area contributed by atoms with Crippen LogP contribution in [0.3, 0.4) is 0 Å². The zero-order valence-corrected chi connectivity index (χ0v) is 12.3. The summed E-state index contributed by atoms with van der Waals surface area (Å²) in [7, 11) is 0. The van der Waals surface area contributed by atoms with E-state index in [0.717, 1.165) is 12.0 Å². The minimum absolute atomic E-state index is 0.0357. The van der Waals surface area contributed by atoms with Crippen LogP contribution in [0, 0.1) is 5.82 Å². The number of benzene rings is 2. The largest absolute Gasteiger partial charge is 0.389 e. The van der Waals surface area contributed by atoms with Crippen molar-refractivity contribution >= 4 is 28.8 Å². The van der Waals surface area contributed by atoms with Gasteiger partial charge < -0.3 is 11.1 Å². The number of carbonyl (C=O) groups is 1. The van der Waals surface area contributed by atoms with Gasteiger partial charge in [-0.05, 0) is 36.2 Å². The van der Waals surface area contributed by atoms with Crippen LogP contribution in [0.1, 0.15) is 28.4 Å². The van der Waals surface area contributed by atoms with Crippen LogP contribution in [0.5, 0.6) is 0 Å². The number of nitrogens with two attached hydrogens (primary N) is 1. The van der Waals surface area contributed by atoms with Gasteiger partial charge in [0.15, 0.2) is 0 Å². The molecular formula is C16H15FN2OS. The normalized spacial score (nSPS) is 10.2. The standard InChI is InChI=1S/C16H15FN2OS/c1-2-10-5-3-4-6-12(10)16(20)19-14-8-7-11(17)9-13(14)15(18)21/h3-9H,2H2,1H3,(H2,18,21)(H,19,20). The maximum Gasteiger partial charge on any atom is 0.255 e. The number of halogens is 1. The van der Waals surface area contributed by atoms with Gasteiger partial charge in [0.2, 0.25) is 0 Å². The predicted molar refractivity (Wildman–Crippen MR) is 86.1 cm³/mol. The fourth-order valence-corrected chi connectivity index (χ4v) is 2.24. The molecule has 0 aliphatic carbocycles. The third-order valence-electron chi connectivity index (χ3n) is 3.14. The minimum Gasteiger partial charge on any atom is -0.389 e. The van der Waals surface area contributed by atoms with Crippen molar-refractivity contribution in [3.63, 3.8) is 0 Å². The Morgan fingerprint density at radius 1 is 1.24 bits per heavy atom. The van der Waals surface area contributed by atoms with Crippen molar-refractivity contribution in [3.05, 3.63) is 65.0 Å². The van der Waals surface area contributed by atoms with E-state index < -0.39 is 5.82 Å². The molecule has 0 bridgehead atoms. The van der Waals surface area contributed by atoms with Gasteiger partial charge in [-0.25, -0.2) is 4.39 Å². The van der Waals surface area contributed by atoms with Gasteiger partial charge in [-0.15, -0.1) is 0 Å². The van der Waals surface area contributed by atoms with Crippen molar-refractivity contribution in [2.24, 2.45) is 5.73 Å². The first kappa shape index (κ1) is 15.1. The molecular weight excluding hydrogens is 287 g/mol. The molecule has 108 valence electrons. The number of amides is 1. The van der Waals surface area contributed by atoms with Crippen LogP contribution in [0.4, 0.5) is 10.1 Å². The van der Waals surface area contributed by atoms with Gasteiger partial charge in [0, 0.05) is 11.1 Å². The monoisotopic (exact) mass is 302 g/mol. The number of carbonyl (C=O) groups excluding carboxylic acids is 1. The van der Waals surface area contributed by atoms with Crippen LogP contribution in [-0.4, -0.2) is 10.9 Å². The quantitative estimate of drug-likeness (QED) is 0.852. The molecule has 0 aliphatic rings. The van der Waals surface area contributed by atoms with Crippen molar-refractivity contribution < 1.29 is 9.18 Å². The molecule has 21 heavy (non-hydrogen) atoms. The van der Waals surface area contributed by atoms with Crippen LogP contribution in [0.2, 0.25) is 0 Å². The van der Waals surface area contributed by atoms with E-state index in [0.29, 0.717) is 16.8 Å². The molecule has 0 spiro atoms. The second-order valence-electron chi connectivity index (χ2n) is 4.52. The maximum atomic E-state index is 13.3. The second kappa shape index (κ2) is 6.45. The smallest absolute Gasteiger partial charge is 0.255 e. The highest BCUT2D eigenvalue weighted by Crippen LogP contribution is 2.19. The summed E-state index contributed by atoms with van der Waals surface area (Å²) in [5, 5.41) is 2.74. The third kappa shape index (κ3) is 3.44. The molecule has 0 saturated carbocycles. The molecule has 2 aromatic rings. The Labute approximate surface area is 128 Å². The van der Waals surface area contributed by atoms with Gasteiger partial charge in [-0.3, -0.25) is 4.79 Å². The average Bonchev–Trinajstić information content (AvgIpc) is 2.48. The van der Waals surface area contributed by atoms with E-state index in [-0.39, 0.29) is 10.9 Å². The Bertz CT molecular complexity index is 700. The molecule has 2 rings (SSSR count). The van der Waals surface area contributed by atoms with Crippen LogP contribution in [0.15, 0.2) is 42.5 Å². The predicted octanol–water partition coefficient (Wildman–Crippen LogP) is 3.27. The van der Waals surface area contributed by atoms with E-state index in [4.69, 9.17) is 18.0 Å². The summed E-state index contributed by atoms with van der Waals surface area (Å²) in [4.78, 5) is 12.4. The molecule has 0 aliphatic heterocycles. The van der Waals surface area contributed by atoms with Gasteiger partial charge in [-0.2, -0.15) is 0 Å². The number of anilines is 1. The van der Waals surface area contributed by atoms with Crippen LogP contribution >= 0.6 is 12.2 Å². The van der Waals surface area contributed by atoms with E-state index in [1.807, 2.05) is 19.1 Å². The van der Waals surface area contributed by atoms with Gasteiger partial charge in [-0.1, -0.05) is 37.3 Å². The number of thiocarbonyl (C=S) groups is 1. The average molecular weight is 302 g/mol. The first-order valence-corrected chi connectivity index (χ1v) is 6.92. The van der Waals surface area contributed by atoms with E-state index in [1.165, 1.54) is 18.2 Å². The Balaban J connectivity index is 2.34. The first-order valence-electron chi connectivity index (χ1n) is 6.51. The first-order chi connectivity index (χ1) is 10.0. The van der Waals surface area contributed by atoms with Crippen LogP contribution in [0.25, 0.3) is 0 Å². The van der Waals surface area contributed by atoms with E-state index in [2.05, 4.69) is 5.32 Å². The number of hydrogen-bond donors (Lipinski definition) is 2. The summed E-state index contributed by atoms with van der Waals surface area (Å²) in [6, 6.07) is 11.2. The fraction of sp³-hybridized carbons (Fsp3) is 0.125. The molecule has 0 radical (unpaired) electrons. The van der Waals surface area contributed by atoms with Gasteiger partial charge in [0.1, 0.15) is 10.8 Å². The van der Waals surface area contributed by atoms with Gasteiger partial charge in [0.05, 0.1) is 5.69 Å². The number of aryl methyl sites for hydroxylation is 1. The summed E-state index contributed by atoms with van der Waals surface area (Å²) in [5.41, 5.74) is 7.80. The van der Waals surface area contributed by atoms with E-state index >= 15 is 0 Å². The highest BCUT2D eigenvalue weighted by molar-refractivity contribution is 7.80. The molecule has 0 saturated heterocycles. The number of hydrogen-bond acceptors (Lipinski definition) is 2. The molecule has 3 N–H and O–H groups in total. The van der Waals surface area contributed by atoms with Crippen molar-refractivity contribution in [1.82, 2.24) is 0 Å². The molecule has 3 nitrogen and oxygen atoms in total. The number of nitrogens with one attached hydrogen (secondary N) is 1. The summed E-state index contributed by atoms with van der Waals surface area (Å²) >= 11 is 4.89. The van der Waals surface area contributed by atoms with E-state index in [9.17, 15) is 9.18 Å². The Hall–Kier alpha value is -2.27. The molecule has 0 heterocycles. The minimum atomic E-state index is -0.454. The lowest BCUT2D eigenvalue weighted by atomic mass is 10.0. The molecule has 0 unspecified atom stereocenters. The highest BCUT2D eigenvalue weighted by Gasteiger charge is 2.13. The lowest BCUT2D eigenvalue weighted by Gasteiger charge is -2.12. The van der Waals surface area contributed by atoms with Crippen molar-refractivity contribution in [2.45, 2.75) is 13.3 Å². The Kier molecular flexibility index (Phi) is 4.65. The molecule has 0 aromatic heterocycles. The van der Waals surface area contributed by atoms with Crippen LogP contribution < -0.4 is 11.1 Å². The van der Waals surface area contributed by atoms with Crippen LogP contribution in [-0.2, 0) is 6.42 Å². The van der Waals surface area contributed by atoms with Crippen molar-refractivity contribution in [3.8, 4) is 0 Å². The zero-order chi connectivity index (χ0) is 15.4. The lowest BCUT2D eigenvalue weighted by molar-refractivity contribution is 0.102. The summed E-state index contributed by atoms with van der Waals surface area (Å²) in [5.74, 6) is -0.721. The topological polar surface area (TPSA) is 55.1 Å². The van der Waals surface area contributed by atoms with Gasteiger partial charge >= 0.3 is 0 Å². The molecule has 2 aromatic carbocycles.